The lowest BCUT2D eigenvalue weighted by atomic mass is 10.1. The summed E-state index contributed by atoms with van der Waals surface area (Å²) in [6.45, 7) is 5.96. The predicted octanol–water partition coefficient (Wildman–Crippen LogP) is 2.39. The Hall–Kier alpha value is -0.390. The number of nitrogens with one attached hydrogen (secondary N) is 1. The lowest BCUT2D eigenvalue weighted by Crippen LogP contribution is -2.30. The third-order valence-electron chi connectivity index (χ3n) is 3.21. The molecule has 0 spiro atoms. The van der Waals surface area contributed by atoms with Gasteiger partial charge in [0.05, 0.1) is 15.9 Å². The molecule has 0 amide bonds. The van der Waals surface area contributed by atoms with E-state index in [2.05, 4.69) is 44.9 Å². The zero-order valence-electron chi connectivity index (χ0n) is 11.8. The van der Waals surface area contributed by atoms with E-state index in [0.29, 0.717) is 6.04 Å². The average molecular weight is 318 g/mol. The van der Waals surface area contributed by atoms with Crippen LogP contribution in [0.3, 0.4) is 0 Å². The minimum absolute atomic E-state index is 0.424. The maximum absolute atomic E-state index is 5.15. The number of ether oxygens (including phenoxy) is 1. The number of rotatable bonds is 8. The van der Waals surface area contributed by atoms with E-state index in [0.717, 1.165) is 38.1 Å². The monoisotopic (exact) mass is 317 g/mol. The van der Waals surface area contributed by atoms with Gasteiger partial charge in [0.1, 0.15) is 0 Å². The molecule has 1 atom stereocenters. The summed E-state index contributed by atoms with van der Waals surface area (Å²) in [6.07, 6.45) is 2.94. The molecule has 0 radical (unpaired) electrons. The molecule has 4 nitrogen and oxygen atoms in total. The van der Waals surface area contributed by atoms with Crippen molar-refractivity contribution >= 4 is 15.9 Å². The van der Waals surface area contributed by atoms with Crippen LogP contribution in [0.5, 0.6) is 0 Å². The molecule has 0 saturated heterocycles. The van der Waals surface area contributed by atoms with Crippen LogP contribution in [0.2, 0.25) is 0 Å². The highest BCUT2D eigenvalue weighted by atomic mass is 79.9. The highest BCUT2D eigenvalue weighted by Crippen LogP contribution is 2.24. The van der Waals surface area contributed by atoms with Gasteiger partial charge >= 0.3 is 0 Å². The van der Waals surface area contributed by atoms with Gasteiger partial charge in [0.2, 0.25) is 0 Å². The van der Waals surface area contributed by atoms with Gasteiger partial charge in [0.25, 0.3) is 0 Å². The van der Waals surface area contributed by atoms with Crippen LogP contribution in [-0.2, 0) is 24.1 Å². The van der Waals surface area contributed by atoms with E-state index in [-0.39, 0.29) is 0 Å². The smallest absolute Gasteiger partial charge is 0.0766 e. The molecular weight excluding hydrogens is 294 g/mol. The van der Waals surface area contributed by atoms with Crippen molar-refractivity contribution in [1.82, 2.24) is 15.1 Å². The highest BCUT2D eigenvalue weighted by molar-refractivity contribution is 9.10. The fraction of sp³-hybridized carbons (Fsp3) is 0.769. The van der Waals surface area contributed by atoms with Gasteiger partial charge in [-0.05, 0) is 42.7 Å². The first-order chi connectivity index (χ1) is 8.67. The number of aryl methyl sites for hydroxylation is 2. The van der Waals surface area contributed by atoms with E-state index < -0.39 is 0 Å². The number of methoxy groups -OCH3 is 1. The fourth-order valence-electron chi connectivity index (χ4n) is 2.05. The summed E-state index contributed by atoms with van der Waals surface area (Å²) >= 11 is 3.69. The highest BCUT2D eigenvalue weighted by Gasteiger charge is 2.17. The molecule has 5 heteroatoms. The molecule has 1 N–H and O–H groups in total. The van der Waals surface area contributed by atoms with E-state index in [4.69, 9.17) is 4.74 Å². The van der Waals surface area contributed by atoms with Crippen LogP contribution in [0.4, 0.5) is 0 Å². The second-order valence-electron chi connectivity index (χ2n) is 4.35. The molecule has 1 rings (SSSR count). The Morgan fingerprint density at radius 1 is 1.44 bits per heavy atom. The first-order valence-corrected chi connectivity index (χ1v) is 7.37. The zero-order chi connectivity index (χ0) is 13.5. The SMILES string of the molecule is CCc1nn(CC)c(CC(CCOC)NC)c1Br. The standard InChI is InChI=1S/C13H24BrN3O/c1-5-11-13(14)12(17(6-2)16-11)9-10(15-3)7-8-18-4/h10,15H,5-9H2,1-4H3. The van der Waals surface area contributed by atoms with Crippen molar-refractivity contribution in [3.05, 3.63) is 15.9 Å². The van der Waals surface area contributed by atoms with Gasteiger partial charge in [-0.3, -0.25) is 4.68 Å². The summed E-state index contributed by atoms with van der Waals surface area (Å²) in [6, 6.07) is 0.424. The van der Waals surface area contributed by atoms with Crippen molar-refractivity contribution in [1.29, 1.82) is 0 Å². The Kier molecular flexibility index (Phi) is 6.89. The second-order valence-corrected chi connectivity index (χ2v) is 5.14. The summed E-state index contributed by atoms with van der Waals surface area (Å²) in [5, 5.41) is 7.97. The van der Waals surface area contributed by atoms with E-state index in [9.17, 15) is 0 Å². The molecular formula is C13H24BrN3O. The number of halogens is 1. The van der Waals surface area contributed by atoms with Gasteiger partial charge in [-0.2, -0.15) is 5.10 Å². The van der Waals surface area contributed by atoms with Gasteiger partial charge < -0.3 is 10.1 Å². The van der Waals surface area contributed by atoms with Crippen molar-refractivity contribution in [2.24, 2.45) is 0 Å². The quantitative estimate of drug-likeness (QED) is 0.800. The Balaban J connectivity index is 2.83. The second kappa shape index (κ2) is 7.92. The summed E-state index contributed by atoms with van der Waals surface area (Å²) in [5.41, 5.74) is 2.43. The van der Waals surface area contributed by atoms with Gasteiger partial charge in [-0.15, -0.1) is 0 Å². The van der Waals surface area contributed by atoms with Crippen molar-refractivity contribution in [2.45, 2.75) is 45.7 Å². The number of likely N-dealkylation sites (N-methyl/N-ethyl adjacent to an activating group) is 1. The van der Waals surface area contributed by atoms with E-state index in [1.165, 1.54) is 10.2 Å². The summed E-state index contributed by atoms with van der Waals surface area (Å²) in [5.74, 6) is 0. The van der Waals surface area contributed by atoms with Crippen LogP contribution in [0.15, 0.2) is 4.47 Å². The lowest BCUT2D eigenvalue weighted by Gasteiger charge is -2.16. The van der Waals surface area contributed by atoms with Gasteiger partial charge in [0.15, 0.2) is 0 Å². The maximum atomic E-state index is 5.15. The number of hydrogen-bond donors (Lipinski definition) is 1. The molecule has 104 valence electrons. The first-order valence-electron chi connectivity index (χ1n) is 6.58. The van der Waals surface area contributed by atoms with E-state index in [1.807, 2.05) is 7.05 Å². The molecule has 1 heterocycles. The molecule has 0 aromatic carbocycles. The molecule has 1 aromatic heterocycles. The average Bonchev–Trinajstić information content (AvgIpc) is 2.70. The largest absolute Gasteiger partial charge is 0.385 e. The van der Waals surface area contributed by atoms with Crippen LogP contribution in [0.25, 0.3) is 0 Å². The van der Waals surface area contributed by atoms with Crippen LogP contribution in [-0.4, -0.2) is 36.6 Å². The van der Waals surface area contributed by atoms with Gasteiger partial charge in [-0.25, -0.2) is 0 Å². The Morgan fingerprint density at radius 3 is 2.67 bits per heavy atom. The molecule has 18 heavy (non-hydrogen) atoms. The first kappa shape index (κ1) is 15.7. The zero-order valence-corrected chi connectivity index (χ0v) is 13.4. The van der Waals surface area contributed by atoms with Crippen LogP contribution in [0.1, 0.15) is 31.7 Å². The lowest BCUT2D eigenvalue weighted by molar-refractivity contribution is 0.183. The summed E-state index contributed by atoms with van der Waals surface area (Å²) in [7, 11) is 3.75. The van der Waals surface area contributed by atoms with E-state index >= 15 is 0 Å². The maximum Gasteiger partial charge on any atom is 0.0766 e. The Bertz CT molecular complexity index is 365. The third-order valence-corrected chi connectivity index (χ3v) is 4.13. The van der Waals surface area contributed by atoms with Gasteiger partial charge in [-0.1, -0.05) is 6.92 Å². The molecule has 0 aliphatic heterocycles. The predicted molar refractivity (Wildman–Crippen MR) is 78.0 cm³/mol. The molecule has 0 saturated carbocycles. The Morgan fingerprint density at radius 2 is 2.17 bits per heavy atom. The fourth-order valence-corrected chi connectivity index (χ4v) is 2.78. The Labute approximate surface area is 118 Å². The van der Waals surface area contributed by atoms with Crippen molar-refractivity contribution in [2.75, 3.05) is 20.8 Å². The number of hydrogen-bond acceptors (Lipinski definition) is 3. The molecule has 0 aliphatic rings. The minimum atomic E-state index is 0.424. The molecule has 0 bridgehead atoms. The molecule has 1 unspecified atom stereocenters. The molecule has 0 aliphatic carbocycles. The number of nitrogens with zero attached hydrogens (tertiary/aromatic N) is 2. The third kappa shape index (κ3) is 3.80. The summed E-state index contributed by atoms with van der Waals surface area (Å²) in [4.78, 5) is 0. The van der Waals surface area contributed by atoms with Crippen molar-refractivity contribution in [3.63, 3.8) is 0 Å². The van der Waals surface area contributed by atoms with Crippen LogP contribution >= 0.6 is 15.9 Å². The van der Waals surface area contributed by atoms with Crippen molar-refractivity contribution < 1.29 is 4.74 Å². The van der Waals surface area contributed by atoms with Crippen LogP contribution in [0, 0.1) is 0 Å². The van der Waals surface area contributed by atoms with Gasteiger partial charge in [0, 0.05) is 32.7 Å². The molecule has 0 fully saturated rings. The topological polar surface area (TPSA) is 39.1 Å². The molecule has 1 aromatic rings. The van der Waals surface area contributed by atoms with Crippen LogP contribution < -0.4 is 5.32 Å². The summed E-state index contributed by atoms with van der Waals surface area (Å²) < 4.78 is 8.42. The normalized spacial score (nSPS) is 12.9. The number of aromatic nitrogens is 2. The van der Waals surface area contributed by atoms with E-state index in [1.54, 1.807) is 7.11 Å². The van der Waals surface area contributed by atoms with Crippen molar-refractivity contribution in [3.8, 4) is 0 Å². The minimum Gasteiger partial charge on any atom is -0.385 e.